The van der Waals surface area contributed by atoms with Crippen LogP contribution in [0.2, 0.25) is 0 Å². The Morgan fingerprint density at radius 1 is 1.36 bits per heavy atom. The molecule has 1 aromatic carbocycles. The summed E-state index contributed by atoms with van der Waals surface area (Å²) in [7, 11) is 0. The van der Waals surface area contributed by atoms with Crippen LogP contribution in [0.1, 0.15) is 39.2 Å². The van der Waals surface area contributed by atoms with E-state index in [1.54, 1.807) is 12.4 Å². The lowest BCUT2D eigenvalue weighted by atomic mass is 9.86. The quantitative estimate of drug-likeness (QED) is 0.777. The summed E-state index contributed by atoms with van der Waals surface area (Å²) in [5.74, 6) is 1.34. The third kappa shape index (κ3) is 2.38. The molecular weight excluding hydrogens is 354 g/mol. The van der Waals surface area contributed by atoms with Crippen LogP contribution in [-0.2, 0) is 10.2 Å². The number of hydrogen-bond donors (Lipinski definition) is 2. The van der Waals surface area contributed by atoms with Crippen LogP contribution in [0.25, 0.3) is 0 Å². The van der Waals surface area contributed by atoms with Crippen LogP contribution in [0.5, 0.6) is 0 Å². The van der Waals surface area contributed by atoms with E-state index in [0.29, 0.717) is 12.0 Å². The van der Waals surface area contributed by atoms with Gasteiger partial charge in [-0.05, 0) is 61.1 Å². The maximum atomic E-state index is 12.2. The zero-order valence-corrected chi connectivity index (χ0v) is 16.3. The number of nitrogens with one attached hydrogen (secondary N) is 2. The summed E-state index contributed by atoms with van der Waals surface area (Å²) in [6.07, 6.45) is 7.83. The van der Waals surface area contributed by atoms with E-state index in [1.165, 1.54) is 0 Å². The number of carbonyl (C=O) groups is 1. The Balaban J connectivity index is 1.46. The number of quaternary nitrogens is 1. The number of hydrogen-bond acceptors (Lipinski definition) is 6. The average molecular weight is 378 g/mol. The molecule has 0 bridgehead atoms. The molecular formula is C20H24N7O+. The highest BCUT2D eigenvalue weighted by atomic mass is 16.2. The first-order valence-electron chi connectivity index (χ1n) is 9.69. The van der Waals surface area contributed by atoms with E-state index in [4.69, 9.17) is 10.1 Å². The number of nitrogens with zero attached hydrogens (tertiary/aromatic N) is 5. The lowest BCUT2D eigenvalue weighted by Crippen LogP contribution is -2.57. The molecule has 2 N–H and O–H groups in total. The molecule has 1 aromatic rings. The maximum Gasteiger partial charge on any atom is 0.301 e. The highest BCUT2D eigenvalue weighted by Crippen LogP contribution is 2.39. The van der Waals surface area contributed by atoms with E-state index in [9.17, 15) is 4.79 Å². The van der Waals surface area contributed by atoms with Gasteiger partial charge in [0, 0.05) is 11.4 Å². The topological polar surface area (TPSA) is 81.5 Å². The number of amides is 1. The van der Waals surface area contributed by atoms with Crippen LogP contribution in [0.4, 0.5) is 11.4 Å². The fourth-order valence-electron chi connectivity index (χ4n) is 4.36. The number of benzene rings is 1. The van der Waals surface area contributed by atoms with Crippen molar-refractivity contribution in [3.63, 3.8) is 0 Å². The molecule has 0 spiro atoms. The van der Waals surface area contributed by atoms with Gasteiger partial charge in [-0.2, -0.15) is 0 Å². The summed E-state index contributed by atoms with van der Waals surface area (Å²) in [6.45, 7) is 7.06. The smallest absolute Gasteiger partial charge is 0.301 e. The highest BCUT2D eigenvalue weighted by molar-refractivity contribution is 6.30. The Hall–Kier alpha value is -2.84. The molecule has 144 valence electrons. The molecule has 1 amide bonds. The fraction of sp³-hybridized carbons (Fsp3) is 0.400. The monoisotopic (exact) mass is 378 g/mol. The molecule has 2 atom stereocenters. The Bertz CT molecular complexity index is 990. The average Bonchev–Trinajstić information content (AvgIpc) is 3.30. The van der Waals surface area contributed by atoms with E-state index >= 15 is 0 Å². The molecule has 8 nitrogen and oxygen atoms in total. The first-order chi connectivity index (χ1) is 13.4. The molecule has 5 rings (SSSR count). The lowest BCUT2D eigenvalue weighted by molar-refractivity contribution is -0.919. The minimum Gasteiger partial charge on any atom is -0.325 e. The molecule has 4 aliphatic heterocycles. The standard InChI is InChI=1S/C20H23N7O/c1-13-5-4-9-26(13)27-10-8-21-12-17(27)24-19(25-27)22-14-6-7-15-16(11-14)23-18(28)20(15,2)3/h6-8,10-13H,4-5,9H2,1-3H3,(H-,22,23,25,28)/p+1. The predicted molar refractivity (Wildman–Crippen MR) is 110 cm³/mol. The van der Waals surface area contributed by atoms with E-state index in [0.717, 1.165) is 42.2 Å². The minimum absolute atomic E-state index is 0.0177. The molecule has 0 saturated carbocycles. The molecule has 1 saturated heterocycles. The van der Waals surface area contributed by atoms with Gasteiger partial charge in [0.2, 0.25) is 5.91 Å². The van der Waals surface area contributed by atoms with Crippen molar-refractivity contribution in [1.82, 2.24) is 5.01 Å². The number of fused-ring (bicyclic) bond motifs is 2. The van der Waals surface area contributed by atoms with Crippen molar-refractivity contribution in [2.45, 2.75) is 45.1 Å². The van der Waals surface area contributed by atoms with E-state index < -0.39 is 5.41 Å². The van der Waals surface area contributed by atoms with Crippen molar-refractivity contribution in [3.05, 3.63) is 36.2 Å². The number of rotatable bonds is 2. The second kappa shape index (κ2) is 5.83. The second-order valence-corrected chi connectivity index (χ2v) is 8.24. The lowest BCUT2D eigenvalue weighted by Gasteiger charge is -2.34. The molecule has 1 fully saturated rings. The van der Waals surface area contributed by atoms with Crippen LogP contribution in [0.15, 0.2) is 45.7 Å². The molecule has 0 aliphatic carbocycles. The van der Waals surface area contributed by atoms with Gasteiger partial charge in [0.15, 0.2) is 6.20 Å². The van der Waals surface area contributed by atoms with E-state index in [1.807, 2.05) is 38.2 Å². The Morgan fingerprint density at radius 2 is 2.21 bits per heavy atom. The van der Waals surface area contributed by atoms with Crippen LogP contribution in [-0.4, -0.2) is 46.2 Å². The van der Waals surface area contributed by atoms with E-state index in [2.05, 4.69) is 27.6 Å². The third-order valence-corrected chi connectivity index (χ3v) is 6.03. The predicted octanol–water partition coefficient (Wildman–Crippen LogP) is 2.78. The number of aliphatic imine (C=N–C) groups is 2. The fourth-order valence-corrected chi connectivity index (χ4v) is 4.36. The summed E-state index contributed by atoms with van der Waals surface area (Å²) in [5, 5.41) is 13.5. The van der Waals surface area contributed by atoms with Gasteiger partial charge in [-0.15, -0.1) is 10.0 Å². The van der Waals surface area contributed by atoms with Gasteiger partial charge < -0.3 is 10.6 Å². The molecule has 28 heavy (non-hydrogen) atoms. The van der Waals surface area contributed by atoms with Gasteiger partial charge in [0.1, 0.15) is 6.21 Å². The first kappa shape index (κ1) is 17.3. The van der Waals surface area contributed by atoms with E-state index in [-0.39, 0.29) is 10.6 Å². The normalized spacial score (nSPS) is 30.0. The third-order valence-electron chi connectivity index (χ3n) is 6.03. The van der Waals surface area contributed by atoms with Gasteiger partial charge in [-0.1, -0.05) is 6.07 Å². The Kier molecular flexibility index (Phi) is 3.59. The summed E-state index contributed by atoms with van der Waals surface area (Å²) in [4.78, 5) is 21.1. The van der Waals surface area contributed by atoms with Crippen LogP contribution < -0.4 is 10.6 Å². The summed E-state index contributed by atoms with van der Waals surface area (Å²) in [5.41, 5.74) is 2.17. The van der Waals surface area contributed by atoms with Crippen molar-refractivity contribution < 1.29 is 9.50 Å². The maximum absolute atomic E-state index is 12.2. The zero-order chi connectivity index (χ0) is 19.5. The van der Waals surface area contributed by atoms with Gasteiger partial charge in [0.05, 0.1) is 24.2 Å². The second-order valence-electron chi connectivity index (χ2n) is 8.24. The number of amidine groups is 1. The summed E-state index contributed by atoms with van der Waals surface area (Å²) >= 11 is 0. The van der Waals surface area contributed by atoms with Crippen LogP contribution >= 0.6 is 0 Å². The van der Waals surface area contributed by atoms with Crippen molar-refractivity contribution >= 4 is 35.3 Å². The summed E-state index contributed by atoms with van der Waals surface area (Å²) in [6, 6.07) is 6.31. The molecule has 2 unspecified atom stereocenters. The van der Waals surface area contributed by atoms with Crippen molar-refractivity contribution in [2.75, 3.05) is 17.2 Å². The molecule has 0 aromatic heterocycles. The summed E-state index contributed by atoms with van der Waals surface area (Å²) < 4.78 is 0.238. The number of anilines is 2. The minimum atomic E-state index is -0.512. The van der Waals surface area contributed by atoms with Crippen molar-refractivity contribution in [3.8, 4) is 0 Å². The van der Waals surface area contributed by atoms with Gasteiger partial charge in [-0.3, -0.25) is 9.79 Å². The molecule has 8 heteroatoms. The SMILES string of the molecule is CC1CCCN1[N+]12C=CN=CC1=NC(Nc1ccc3c(c1)NC(=O)C3(C)C)=N2. The highest BCUT2D eigenvalue weighted by Gasteiger charge is 2.50. The molecule has 0 radical (unpaired) electrons. The van der Waals surface area contributed by atoms with Gasteiger partial charge in [-0.25, -0.2) is 0 Å². The number of carbonyl (C=O) groups excluding carboxylic acids is 1. The first-order valence-corrected chi connectivity index (χ1v) is 9.69. The number of guanidine groups is 1. The largest absolute Gasteiger partial charge is 0.325 e. The zero-order valence-electron chi connectivity index (χ0n) is 16.3. The Labute approximate surface area is 163 Å². The molecule has 4 heterocycles. The molecule has 4 aliphatic rings. The van der Waals surface area contributed by atoms with Gasteiger partial charge >= 0.3 is 5.84 Å². The van der Waals surface area contributed by atoms with Gasteiger partial charge in [0.25, 0.3) is 5.96 Å². The van der Waals surface area contributed by atoms with Crippen LogP contribution in [0, 0.1) is 0 Å². The van der Waals surface area contributed by atoms with Crippen molar-refractivity contribution in [1.29, 1.82) is 0 Å². The van der Waals surface area contributed by atoms with Crippen LogP contribution in [0.3, 0.4) is 0 Å². The van der Waals surface area contributed by atoms with Crippen molar-refractivity contribution in [2.24, 2.45) is 15.1 Å². The Morgan fingerprint density at radius 3 is 3.00 bits per heavy atom.